The van der Waals surface area contributed by atoms with E-state index in [0.29, 0.717) is 0 Å². The van der Waals surface area contributed by atoms with Crippen LogP contribution in [0.5, 0.6) is 5.75 Å². The van der Waals surface area contributed by atoms with E-state index in [2.05, 4.69) is 10.2 Å². The van der Waals surface area contributed by atoms with Gasteiger partial charge in [0.1, 0.15) is 5.75 Å². The lowest BCUT2D eigenvalue weighted by Crippen LogP contribution is -2.14. The Hall–Kier alpha value is -1.89. The second kappa shape index (κ2) is 6.00. The molecule has 3 N–H and O–H groups in total. The summed E-state index contributed by atoms with van der Waals surface area (Å²) in [6, 6.07) is 3.72. The molecule has 0 atom stereocenters. The Morgan fingerprint density at radius 2 is 2.24 bits per heavy atom. The first-order valence-corrected chi connectivity index (χ1v) is 4.81. The van der Waals surface area contributed by atoms with Crippen molar-refractivity contribution in [1.82, 2.24) is 0 Å². The minimum absolute atomic E-state index is 0.0963. The van der Waals surface area contributed by atoms with Gasteiger partial charge in [0, 0.05) is 6.07 Å². The normalized spacial score (nSPS) is 10.2. The molecular formula is C10H12F2N2O3. The molecule has 0 aliphatic heterocycles. The number of carbonyl (C=O) groups excluding carboxylic acids is 1. The van der Waals surface area contributed by atoms with Crippen molar-refractivity contribution in [2.75, 3.05) is 12.0 Å². The summed E-state index contributed by atoms with van der Waals surface area (Å²) in [6.07, 6.45) is 0. The Morgan fingerprint density at radius 1 is 1.53 bits per heavy atom. The van der Waals surface area contributed by atoms with E-state index in [4.69, 9.17) is 10.6 Å². The topological polar surface area (TPSA) is 73.6 Å². The summed E-state index contributed by atoms with van der Waals surface area (Å²) < 4.78 is 32.9. The number of nitrogen functional groups attached to an aromatic ring is 1. The standard InChI is InChI=1S/C10H12F2N2O3/c1-2-16-9(15)7-4-3-6(17-10(11)12)5-8(7)14-13/h3-5,10,14H,2,13H2,1H3. The SMILES string of the molecule is CCOC(=O)c1ccc(OC(F)F)cc1NN. The molecule has 94 valence electrons. The zero-order valence-electron chi connectivity index (χ0n) is 9.07. The number of hydrogen-bond donors (Lipinski definition) is 2. The summed E-state index contributed by atoms with van der Waals surface area (Å²) in [4.78, 5) is 11.5. The van der Waals surface area contributed by atoms with E-state index in [1.807, 2.05) is 0 Å². The zero-order valence-corrected chi connectivity index (χ0v) is 9.07. The molecule has 0 heterocycles. The number of hydrazine groups is 1. The van der Waals surface area contributed by atoms with Crippen molar-refractivity contribution in [3.8, 4) is 5.75 Å². The molecule has 0 aliphatic carbocycles. The minimum Gasteiger partial charge on any atom is -0.462 e. The molecule has 0 aliphatic rings. The summed E-state index contributed by atoms with van der Waals surface area (Å²) in [7, 11) is 0. The highest BCUT2D eigenvalue weighted by Gasteiger charge is 2.14. The summed E-state index contributed by atoms with van der Waals surface area (Å²) in [5.41, 5.74) is 2.53. The quantitative estimate of drug-likeness (QED) is 0.470. The molecule has 0 radical (unpaired) electrons. The fourth-order valence-corrected chi connectivity index (χ4v) is 1.21. The molecule has 1 aromatic rings. The van der Waals surface area contributed by atoms with Crippen LogP contribution in [0, 0.1) is 0 Å². The second-order valence-electron chi connectivity index (χ2n) is 2.95. The molecule has 0 saturated carbocycles. The fourth-order valence-electron chi connectivity index (χ4n) is 1.21. The summed E-state index contributed by atoms with van der Waals surface area (Å²) >= 11 is 0. The van der Waals surface area contributed by atoms with Gasteiger partial charge in [-0.1, -0.05) is 0 Å². The van der Waals surface area contributed by atoms with Gasteiger partial charge in [-0.25, -0.2) is 4.79 Å². The van der Waals surface area contributed by atoms with Crippen LogP contribution in [0.25, 0.3) is 0 Å². The van der Waals surface area contributed by atoms with E-state index >= 15 is 0 Å². The summed E-state index contributed by atoms with van der Waals surface area (Å²) in [5.74, 6) is 4.49. The average Bonchev–Trinajstić information content (AvgIpc) is 2.28. The van der Waals surface area contributed by atoms with Crippen molar-refractivity contribution in [2.45, 2.75) is 13.5 Å². The average molecular weight is 246 g/mol. The lowest BCUT2D eigenvalue weighted by molar-refractivity contribution is -0.0498. The highest BCUT2D eigenvalue weighted by molar-refractivity contribution is 5.95. The van der Waals surface area contributed by atoms with E-state index in [1.165, 1.54) is 18.2 Å². The number of benzene rings is 1. The van der Waals surface area contributed by atoms with Gasteiger partial charge in [0.15, 0.2) is 0 Å². The van der Waals surface area contributed by atoms with Gasteiger partial charge in [0.25, 0.3) is 0 Å². The molecule has 0 aromatic heterocycles. The third-order valence-corrected chi connectivity index (χ3v) is 1.87. The number of hydrogen-bond acceptors (Lipinski definition) is 5. The van der Waals surface area contributed by atoms with Crippen molar-refractivity contribution in [3.05, 3.63) is 23.8 Å². The van der Waals surface area contributed by atoms with Crippen LogP contribution in [-0.4, -0.2) is 19.2 Å². The molecule has 0 spiro atoms. The van der Waals surface area contributed by atoms with Crippen LogP contribution in [-0.2, 0) is 4.74 Å². The molecule has 1 aromatic carbocycles. The first kappa shape index (κ1) is 13.2. The van der Waals surface area contributed by atoms with Gasteiger partial charge in [-0.3, -0.25) is 5.84 Å². The zero-order chi connectivity index (χ0) is 12.8. The molecule has 0 saturated heterocycles. The van der Waals surface area contributed by atoms with Crippen molar-refractivity contribution in [2.24, 2.45) is 5.84 Å². The maximum atomic E-state index is 12.0. The van der Waals surface area contributed by atoms with E-state index in [1.54, 1.807) is 6.92 Å². The summed E-state index contributed by atoms with van der Waals surface area (Å²) in [6.45, 7) is -1.08. The molecule has 5 nitrogen and oxygen atoms in total. The van der Waals surface area contributed by atoms with Crippen LogP contribution in [0.3, 0.4) is 0 Å². The Morgan fingerprint density at radius 3 is 2.76 bits per heavy atom. The molecule has 0 fully saturated rings. The lowest BCUT2D eigenvalue weighted by Gasteiger charge is -2.10. The van der Waals surface area contributed by atoms with Crippen LogP contribution >= 0.6 is 0 Å². The van der Waals surface area contributed by atoms with Crippen LogP contribution < -0.4 is 16.0 Å². The first-order chi connectivity index (χ1) is 8.08. The van der Waals surface area contributed by atoms with Crippen LogP contribution in [0.15, 0.2) is 18.2 Å². The number of ether oxygens (including phenoxy) is 2. The number of halogens is 2. The third kappa shape index (κ3) is 3.56. The number of nitrogens with one attached hydrogen (secondary N) is 1. The number of carbonyl (C=O) groups is 1. The van der Waals surface area contributed by atoms with Crippen molar-refractivity contribution >= 4 is 11.7 Å². The smallest absolute Gasteiger partial charge is 0.387 e. The maximum absolute atomic E-state index is 12.0. The third-order valence-electron chi connectivity index (χ3n) is 1.87. The van der Waals surface area contributed by atoms with E-state index in [9.17, 15) is 13.6 Å². The number of anilines is 1. The maximum Gasteiger partial charge on any atom is 0.387 e. The molecule has 0 amide bonds. The minimum atomic E-state index is -2.94. The lowest BCUT2D eigenvalue weighted by atomic mass is 10.1. The van der Waals surface area contributed by atoms with Crippen LogP contribution in [0.2, 0.25) is 0 Å². The second-order valence-corrected chi connectivity index (χ2v) is 2.95. The van der Waals surface area contributed by atoms with Crippen molar-refractivity contribution in [1.29, 1.82) is 0 Å². The fraction of sp³-hybridized carbons (Fsp3) is 0.300. The van der Waals surface area contributed by atoms with Crippen molar-refractivity contribution in [3.63, 3.8) is 0 Å². The van der Waals surface area contributed by atoms with Gasteiger partial charge in [0.05, 0.1) is 17.9 Å². The van der Waals surface area contributed by atoms with Crippen LogP contribution in [0.4, 0.5) is 14.5 Å². The predicted octanol–water partition coefficient (Wildman–Crippen LogP) is 1.75. The molecule has 0 unspecified atom stereocenters. The van der Waals surface area contributed by atoms with Gasteiger partial charge < -0.3 is 14.9 Å². The first-order valence-electron chi connectivity index (χ1n) is 4.81. The van der Waals surface area contributed by atoms with E-state index in [-0.39, 0.29) is 23.6 Å². The van der Waals surface area contributed by atoms with E-state index in [0.717, 1.165) is 0 Å². The molecule has 7 heteroatoms. The monoisotopic (exact) mass is 246 g/mol. The van der Waals surface area contributed by atoms with Gasteiger partial charge in [-0.15, -0.1) is 0 Å². The molecule has 1 rings (SSSR count). The number of nitrogens with two attached hydrogens (primary N) is 1. The number of alkyl halides is 2. The largest absolute Gasteiger partial charge is 0.462 e. The Labute approximate surface area is 96.5 Å². The van der Waals surface area contributed by atoms with Gasteiger partial charge in [0.2, 0.25) is 0 Å². The molecular weight excluding hydrogens is 234 g/mol. The van der Waals surface area contributed by atoms with Crippen LogP contribution in [0.1, 0.15) is 17.3 Å². The van der Waals surface area contributed by atoms with Gasteiger partial charge >= 0.3 is 12.6 Å². The Bertz CT molecular complexity index is 399. The highest BCUT2D eigenvalue weighted by Crippen LogP contribution is 2.23. The van der Waals surface area contributed by atoms with Crippen molar-refractivity contribution < 1.29 is 23.0 Å². The Kier molecular flexibility index (Phi) is 4.65. The van der Waals surface area contributed by atoms with E-state index < -0.39 is 12.6 Å². The Balaban J connectivity index is 2.96. The predicted molar refractivity (Wildman–Crippen MR) is 56.8 cm³/mol. The van der Waals surface area contributed by atoms with Gasteiger partial charge in [-0.2, -0.15) is 8.78 Å². The number of esters is 1. The molecule has 17 heavy (non-hydrogen) atoms. The molecule has 0 bridgehead atoms. The highest BCUT2D eigenvalue weighted by atomic mass is 19.3. The number of rotatable bonds is 5. The van der Waals surface area contributed by atoms with Gasteiger partial charge in [-0.05, 0) is 19.1 Å². The summed E-state index contributed by atoms with van der Waals surface area (Å²) in [5, 5.41) is 0.